The largest absolute Gasteiger partial charge is 0.379 e. The first-order valence-corrected chi connectivity index (χ1v) is 9.77. The zero-order valence-electron chi connectivity index (χ0n) is 15.1. The highest BCUT2D eigenvalue weighted by Gasteiger charge is 2.25. The van der Waals surface area contributed by atoms with Gasteiger partial charge in [0.25, 0.3) is 0 Å². The van der Waals surface area contributed by atoms with E-state index in [-0.39, 0.29) is 17.9 Å². The summed E-state index contributed by atoms with van der Waals surface area (Å²) in [6.45, 7) is 8.04. The van der Waals surface area contributed by atoms with Crippen molar-refractivity contribution in [1.29, 1.82) is 0 Å². The molecule has 0 atom stereocenters. The van der Waals surface area contributed by atoms with Gasteiger partial charge in [-0.25, -0.2) is 0 Å². The molecule has 1 amide bonds. The van der Waals surface area contributed by atoms with Gasteiger partial charge in [0.2, 0.25) is 5.91 Å². The van der Waals surface area contributed by atoms with Crippen molar-refractivity contribution >= 4 is 29.1 Å². The normalized spacial score (nSPS) is 16.4. The minimum absolute atomic E-state index is 0.114. The van der Waals surface area contributed by atoms with Gasteiger partial charge >= 0.3 is 0 Å². The zero-order valence-corrected chi connectivity index (χ0v) is 16.6. The van der Waals surface area contributed by atoms with E-state index < -0.39 is 0 Å². The van der Waals surface area contributed by atoms with Crippen LogP contribution in [0.25, 0.3) is 0 Å². The Bertz CT molecular complexity index is 558. The maximum Gasteiger partial charge on any atom is 0.223 e. The summed E-state index contributed by atoms with van der Waals surface area (Å²) in [6, 6.07) is 5.62. The van der Waals surface area contributed by atoms with Crippen molar-refractivity contribution in [3.63, 3.8) is 0 Å². The lowest BCUT2D eigenvalue weighted by Crippen LogP contribution is -2.40. The summed E-state index contributed by atoms with van der Waals surface area (Å²) in [4.78, 5) is 14.6. The van der Waals surface area contributed by atoms with Crippen molar-refractivity contribution < 1.29 is 9.53 Å². The minimum atomic E-state index is 0.114. The highest BCUT2D eigenvalue weighted by atomic mass is 35.5. The van der Waals surface area contributed by atoms with Crippen LogP contribution in [0, 0.1) is 5.92 Å². The third-order valence-corrected chi connectivity index (χ3v) is 5.03. The standard InChI is InChI=1S/C19H28Cl2N2O2/c1-14(2)25-11-3-8-22-19(24)15-6-9-23(10-7-15)13-16-4-5-17(20)12-18(16)21/h4-5,12,14-15H,3,6-11,13H2,1-2H3,(H,22,24). The molecule has 0 aromatic heterocycles. The molecule has 1 aliphatic rings. The number of benzene rings is 1. The molecule has 140 valence electrons. The van der Waals surface area contributed by atoms with Gasteiger partial charge in [0.1, 0.15) is 0 Å². The summed E-state index contributed by atoms with van der Waals surface area (Å²) >= 11 is 12.2. The Morgan fingerprint density at radius 3 is 2.68 bits per heavy atom. The average molecular weight is 387 g/mol. The molecule has 2 rings (SSSR count). The minimum Gasteiger partial charge on any atom is -0.379 e. The number of hydrogen-bond acceptors (Lipinski definition) is 3. The fourth-order valence-corrected chi connectivity index (χ4v) is 3.46. The molecule has 1 aromatic carbocycles. The monoisotopic (exact) mass is 386 g/mol. The summed E-state index contributed by atoms with van der Waals surface area (Å²) in [5, 5.41) is 4.39. The van der Waals surface area contributed by atoms with Crippen LogP contribution < -0.4 is 5.32 Å². The molecule has 1 aliphatic heterocycles. The lowest BCUT2D eigenvalue weighted by atomic mass is 9.95. The van der Waals surface area contributed by atoms with Crippen LogP contribution in [0.2, 0.25) is 10.0 Å². The third-order valence-electron chi connectivity index (χ3n) is 4.44. The maximum absolute atomic E-state index is 12.2. The van der Waals surface area contributed by atoms with Crippen LogP contribution in [-0.2, 0) is 16.1 Å². The number of piperidine rings is 1. The SMILES string of the molecule is CC(C)OCCCNC(=O)C1CCN(Cc2ccc(Cl)cc2Cl)CC1. The van der Waals surface area contributed by atoms with E-state index in [1.807, 2.05) is 26.0 Å². The van der Waals surface area contributed by atoms with E-state index in [4.69, 9.17) is 27.9 Å². The molecular weight excluding hydrogens is 359 g/mol. The fraction of sp³-hybridized carbons (Fsp3) is 0.632. The maximum atomic E-state index is 12.2. The second-order valence-corrected chi connectivity index (χ2v) is 7.69. The Balaban J connectivity index is 1.67. The highest BCUT2D eigenvalue weighted by molar-refractivity contribution is 6.35. The Morgan fingerprint density at radius 2 is 2.04 bits per heavy atom. The van der Waals surface area contributed by atoms with Crippen LogP contribution in [0.3, 0.4) is 0 Å². The average Bonchev–Trinajstić information content (AvgIpc) is 2.57. The number of rotatable bonds is 8. The first-order valence-electron chi connectivity index (χ1n) is 9.01. The predicted molar refractivity (Wildman–Crippen MR) is 103 cm³/mol. The number of halogens is 2. The second kappa shape index (κ2) is 10.4. The van der Waals surface area contributed by atoms with Gasteiger partial charge in [0.15, 0.2) is 0 Å². The van der Waals surface area contributed by atoms with Gasteiger partial charge in [-0.3, -0.25) is 9.69 Å². The van der Waals surface area contributed by atoms with E-state index in [0.29, 0.717) is 23.2 Å². The lowest BCUT2D eigenvalue weighted by Gasteiger charge is -2.31. The van der Waals surface area contributed by atoms with Crippen molar-refractivity contribution in [2.24, 2.45) is 5.92 Å². The summed E-state index contributed by atoms with van der Waals surface area (Å²) in [5.41, 5.74) is 1.08. The van der Waals surface area contributed by atoms with E-state index in [2.05, 4.69) is 10.2 Å². The summed E-state index contributed by atoms with van der Waals surface area (Å²) in [7, 11) is 0. The van der Waals surface area contributed by atoms with Gasteiger partial charge in [-0.15, -0.1) is 0 Å². The molecule has 4 nitrogen and oxygen atoms in total. The van der Waals surface area contributed by atoms with E-state index in [1.54, 1.807) is 6.07 Å². The van der Waals surface area contributed by atoms with E-state index in [1.165, 1.54) is 0 Å². The van der Waals surface area contributed by atoms with Gasteiger partial charge in [-0.1, -0.05) is 29.3 Å². The topological polar surface area (TPSA) is 41.6 Å². The van der Waals surface area contributed by atoms with Gasteiger partial charge in [0.05, 0.1) is 6.10 Å². The zero-order chi connectivity index (χ0) is 18.2. The van der Waals surface area contributed by atoms with Crippen LogP contribution in [0.15, 0.2) is 18.2 Å². The van der Waals surface area contributed by atoms with Crippen molar-refractivity contribution in [3.8, 4) is 0 Å². The van der Waals surface area contributed by atoms with Crippen molar-refractivity contribution in [3.05, 3.63) is 33.8 Å². The Morgan fingerprint density at radius 1 is 1.32 bits per heavy atom. The molecule has 1 N–H and O–H groups in total. The predicted octanol–water partition coefficient (Wildman–Crippen LogP) is 4.14. The molecule has 1 saturated heterocycles. The Kier molecular flexibility index (Phi) is 8.50. The van der Waals surface area contributed by atoms with Crippen LogP contribution in [0.1, 0.15) is 38.7 Å². The molecule has 0 aliphatic carbocycles. The Hall–Kier alpha value is -0.810. The van der Waals surface area contributed by atoms with Gasteiger partial charge in [-0.05, 0) is 63.9 Å². The van der Waals surface area contributed by atoms with Crippen LogP contribution in [-0.4, -0.2) is 43.2 Å². The number of amides is 1. The van der Waals surface area contributed by atoms with E-state index in [0.717, 1.165) is 44.5 Å². The van der Waals surface area contributed by atoms with Crippen LogP contribution >= 0.6 is 23.2 Å². The molecule has 25 heavy (non-hydrogen) atoms. The first-order chi connectivity index (χ1) is 12.0. The van der Waals surface area contributed by atoms with Crippen molar-refractivity contribution in [1.82, 2.24) is 10.2 Å². The number of nitrogens with one attached hydrogen (secondary N) is 1. The number of ether oxygens (including phenoxy) is 1. The molecule has 1 aromatic rings. The molecule has 1 fully saturated rings. The summed E-state index contributed by atoms with van der Waals surface area (Å²) < 4.78 is 5.48. The molecule has 0 spiro atoms. The molecule has 0 radical (unpaired) electrons. The van der Waals surface area contributed by atoms with Crippen LogP contribution in [0.4, 0.5) is 0 Å². The smallest absolute Gasteiger partial charge is 0.223 e. The fourth-order valence-electron chi connectivity index (χ4n) is 2.99. The van der Waals surface area contributed by atoms with Gasteiger partial charge in [-0.2, -0.15) is 0 Å². The number of carbonyl (C=O) groups is 1. The molecule has 0 bridgehead atoms. The summed E-state index contributed by atoms with van der Waals surface area (Å²) in [6.07, 6.45) is 2.88. The molecule has 6 heteroatoms. The van der Waals surface area contributed by atoms with E-state index >= 15 is 0 Å². The lowest BCUT2D eigenvalue weighted by molar-refractivity contribution is -0.126. The summed E-state index contributed by atoms with van der Waals surface area (Å²) in [5.74, 6) is 0.289. The number of likely N-dealkylation sites (tertiary alicyclic amines) is 1. The Labute approximate surface area is 160 Å². The van der Waals surface area contributed by atoms with Crippen molar-refractivity contribution in [2.45, 2.75) is 45.8 Å². The number of nitrogens with zero attached hydrogens (tertiary/aromatic N) is 1. The molecular formula is C19H28Cl2N2O2. The molecule has 0 unspecified atom stereocenters. The first kappa shape index (κ1) is 20.5. The third kappa shape index (κ3) is 7.14. The number of hydrogen-bond donors (Lipinski definition) is 1. The molecule has 0 saturated carbocycles. The molecule has 1 heterocycles. The van der Waals surface area contributed by atoms with Crippen LogP contribution in [0.5, 0.6) is 0 Å². The quantitative estimate of drug-likeness (QED) is 0.682. The second-order valence-electron chi connectivity index (χ2n) is 6.85. The van der Waals surface area contributed by atoms with Crippen molar-refractivity contribution in [2.75, 3.05) is 26.2 Å². The van der Waals surface area contributed by atoms with Gasteiger partial charge in [0, 0.05) is 35.7 Å². The van der Waals surface area contributed by atoms with Gasteiger partial charge < -0.3 is 10.1 Å². The highest BCUT2D eigenvalue weighted by Crippen LogP contribution is 2.25. The van der Waals surface area contributed by atoms with E-state index in [9.17, 15) is 4.79 Å². The number of carbonyl (C=O) groups excluding carboxylic acids is 1.